The van der Waals surface area contributed by atoms with E-state index in [1.54, 1.807) is 16.2 Å². The van der Waals surface area contributed by atoms with E-state index in [1.807, 2.05) is 25.1 Å². The Kier molecular flexibility index (Phi) is 5.05. The lowest BCUT2D eigenvalue weighted by atomic mass is 10.1. The molecule has 4 nitrogen and oxygen atoms in total. The van der Waals surface area contributed by atoms with Crippen molar-refractivity contribution in [2.24, 2.45) is 0 Å². The van der Waals surface area contributed by atoms with Gasteiger partial charge in [0.05, 0.1) is 0 Å². The summed E-state index contributed by atoms with van der Waals surface area (Å²) in [6.45, 7) is 3.86. The number of thiophene rings is 1. The minimum Gasteiger partial charge on any atom is -0.382 e. The van der Waals surface area contributed by atoms with Crippen LogP contribution in [-0.2, 0) is 9.53 Å². The van der Waals surface area contributed by atoms with Crippen molar-refractivity contribution in [3.8, 4) is 0 Å². The lowest BCUT2D eigenvalue weighted by Crippen LogP contribution is -2.32. The van der Waals surface area contributed by atoms with Crippen molar-refractivity contribution in [1.29, 1.82) is 0 Å². The van der Waals surface area contributed by atoms with Gasteiger partial charge in [-0.2, -0.15) is 0 Å². The Labute approximate surface area is 144 Å². The number of carbonyl (C=O) groups excluding carboxylic acids is 1. The number of hydrogen-bond donors (Lipinski definition) is 1. The van der Waals surface area contributed by atoms with Crippen LogP contribution < -0.4 is 5.32 Å². The minimum atomic E-state index is -0.0678. The first-order valence-corrected chi connectivity index (χ1v) is 8.88. The summed E-state index contributed by atoms with van der Waals surface area (Å²) in [4.78, 5) is 14.1. The molecule has 120 valence electrons. The van der Waals surface area contributed by atoms with Gasteiger partial charge in [0, 0.05) is 24.5 Å². The van der Waals surface area contributed by atoms with Gasteiger partial charge in [-0.05, 0) is 54.0 Å². The SMILES string of the molecule is CCOCCCN1C(=O)C(=Cc2csc3ccccc23)NC1=S. The molecular weight excluding hydrogens is 328 g/mol. The summed E-state index contributed by atoms with van der Waals surface area (Å²) in [5.74, 6) is -0.0678. The van der Waals surface area contributed by atoms with Crippen molar-refractivity contribution in [3.63, 3.8) is 0 Å². The Bertz CT molecular complexity index is 767. The van der Waals surface area contributed by atoms with Gasteiger partial charge in [-0.15, -0.1) is 11.3 Å². The summed E-state index contributed by atoms with van der Waals surface area (Å²) in [6.07, 6.45) is 2.66. The number of nitrogens with one attached hydrogen (secondary N) is 1. The van der Waals surface area contributed by atoms with E-state index >= 15 is 0 Å². The van der Waals surface area contributed by atoms with E-state index in [-0.39, 0.29) is 5.91 Å². The highest BCUT2D eigenvalue weighted by molar-refractivity contribution is 7.80. The second-order valence-corrected chi connectivity index (χ2v) is 6.48. The number of carbonyl (C=O) groups is 1. The van der Waals surface area contributed by atoms with Crippen LogP contribution >= 0.6 is 23.6 Å². The van der Waals surface area contributed by atoms with Gasteiger partial charge in [-0.3, -0.25) is 9.69 Å². The Morgan fingerprint density at radius 3 is 3.04 bits per heavy atom. The van der Waals surface area contributed by atoms with Crippen molar-refractivity contribution in [2.45, 2.75) is 13.3 Å². The molecule has 23 heavy (non-hydrogen) atoms. The average molecular weight is 346 g/mol. The van der Waals surface area contributed by atoms with Gasteiger partial charge in [-0.1, -0.05) is 18.2 Å². The van der Waals surface area contributed by atoms with Crippen LogP contribution in [0.1, 0.15) is 18.9 Å². The molecule has 1 aromatic heterocycles. The van der Waals surface area contributed by atoms with Gasteiger partial charge >= 0.3 is 0 Å². The zero-order chi connectivity index (χ0) is 16.2. The Balaban J connectivity index is 1.76. The van der Waals surface area contributed by atoms with Crippen molar-refractivity contribution in [1.82, 2.24) is 10.2 Å². The highest BCUT2D eigenvalue weighted by Crippen LogP contribution is 2.28. The summed E-state index contributed by atoms with van der Waals surface area (Å²) in [6, 6.07) is 8.17. The molecule has 0 spiro atoms. The maximum absolute atomic E-state index is 12.5. The molecule has 6 heteroatoms. The lowest BCUT2D eigenvalue weighted by molar-refractivity contribution is -0.122. The fourth-order valence-corrected chi connectivity index (χ4v) is 3.71. The summed E-state index contributed by atoms with van der Waals surface area (Å²) in [7, 11) is 0. The van der Waals surface area contributed by atoms with Crippen molar-refractivity contribution in [3.05, 3.63) is 40.9 Å². The highest BCUT2D eigenvalue weighted by Gasteiger charge is 2.30. The van der Waals surface area contributed by atoms with E-state index in [1.165, 1.54) is 4.70 Å². The predicted molar refractivity (Wildman–Crippen MR) is 98.4 cm³/mol. The number of benzene rings is 1. The van der Waals surface area contributed by atoms with Gasteiger partial charge < -0.3 is 10.1 Å². The van der Waals surface area contributed by atoms with Gasteiger partial charge in [0.15, 0.2) is 5.11 Å². The van der Waals surface area contributed by atoms with Crippen LogP contribution in [0.15, 0.2) is 35.3 Å². The summed E-state index contributed by atoms with van der Waals surface area (Å²) < 4.78 is 6.52. The zero-order valence-electron chi connectivity index (χ0n) is 12.9. The van der Waals surface area contributed by atoms with Gasteiger partial charge in [0.2, 0.25) is 0 Å². The third-order valence-corrected chi connectivity index (χ3v) is 4.95. The molecule has 0 unspecified atom stereocenters. The number of nitrogens with zero attached hydrogens (tertiary/aromatic N) is 1. The molecule has 1 aromatic carbocycles. The number of hydrogen-bond acceptors (Lipinski definition) is 4. The molecule has 2 heterocycles. The van der Waals surface area contributed by atoms with Crippen molar-refractivity contribution >= 4 is 50.7 Å². The standard InChI is InChI=1S/C17H18N2O2S2/c1-2-21-9-5-8-19-16(20)14(18-17(19)22)10-12-11-23-15-7-4-3-6-13(12)15/h3-4,6-7,10-11H,2,5,8-9H2,1H3,(H,18,22). The molecule has 1 amide bonds. The van der Waals surface area contributed by atoms with Gasteiger partial charge in [-0.25, -0.2) is 0 Å². The molecule has 1 N–H and O–H groups in total. The molecular formula is C17H18N2O2S2. The molecule has 1 aliphatic rings. The van der Waals surface area contributed by atoms with Crippen LogP contribution in [0, 0.1) is 0 Å². The Morgan fingerprint density at radius 1 is 1.39 bits per heavy atom. The molecule has 0 radical (unpaired) electrons. The average Bonchev–Trinajstić information content (AvgIpc) is 3.08. The lowest BCUT2D eigenvalue weighted by Gasteiger charge is -2.13. The van der Waals surface area contributed by atoms with Crippen molar-refractivity contribution < 1.29 is 9.53 Å². The minimum absolute atomic E-state index is 0.0678. The summed E-state index contributed by atoms with van der Waals surface area (Å²) in [5, 5.41) is 6.72. The number of thiocarbonyl (C=S) groups is 1. The Morgan fingerprint density at radius 2 is 2.22 bits per heavy atom. The third kappa shape index (κ3) is 3.44. The topological polar surface area (TPSA) is 41.6 Å². The first kappa shape index (κ1) is 16.1. The van der Waals surface area contributed by atoms with Crippen LogP contribution in [-0.4, -0.2) is 35.7 Å². The maximum Gasteiger partial charge on any atom is 0.276 e. The molecule has 0 atom stereocenters. The van der Waals surface area contributed by atoms with Crippen LogP contribution in [0.2, 0.25) is 0 Å². The molecule has 0 aliphatic carbocycles. The van der Waals surface area contributed by atoms with E-state index < -0.39 is 0 Å². The third-order valence-electron chi connectivity index (χ3n) is 3.65. The number of rotatable bonds is 6. The van der Waals surface area contributed by atoms with Crippen LogP contribution in [0.3, 0.4) is 0 Å². The first-order chi connectivity index (χ1) is 11.2. The second-order valence-electron chi connectivity index (χ2n) is 5.18. The molecule has 2 aromatic rings. The quantitative estimate of drug-likeness (QED) is 0.495. The maximum atomic E-state index is 12.5. The number of ether oxygens (including phenoxy) is 1. The van der Waals surface area contributed by atoms with E-state index in [4.69, 9.17) is 17.0 Å². The molecule has 0 saturated carbocycles. The monoisotopic (exact) mass is 346 g/mol. The van der Waals surface area contributed by atoms with Crippen LogP contribution in [0.4, 0.5) is 0 Å². The normalized spacial score (nSPS) is 16.6. The van der Waals surface area contributed by atoms with Gasteiger partial charge in [0.1, 0.15) is 5.70 Å². The fraction of sp³-hybridized carbons (Fsp3) is 0.294. The zero-order valence-corrected chi connectivity index (χ0v) is 14.5. The number of amides is 1. The summed E-state index contributed by atoms with van der Waals surface area (Å²) >= 11 is 6.95. The largest absolute Gasteiger partial charge is 0.382 e. The van der Waals surface area contributed by atoms with E-state index in [0.29, 0.717) is 30.6 Å². The van der Waals surface area contributed by atoms with E-state index in [0.717, 1.165) is 17.4 Å². The Hall–Kier alpha value is -1.76. The van der Waals surface area contributed by atoms with Gasteiger partial charge in [0.25, 0.3) is 5.91 Å². The molecule has 1 fully saturated rings. The molecule has 3 rings (SSSR count). The van der Waals surface area contributed by atoms with E-state index in [2.05, 4.69) is 22.8 Å². The molecule has 1 aliphatic heterocycles. The van der Waals surface area contributed by atoms with Crippen molar-refractivity contribution in [2.75, 3.05) is 19.8 Å². The second kappa shape index (κ2) is 7.21. The highest BCUT2D eigenvalue weighted by atomic mass is 32.1. The smallest absolute Gasteiger partial charge is 0.276 e. The first-order valence-electron chi connectivity index (χ1n) is 7.59. The predicted octanol–water partition coefficient (Wildman–Crippen LogP) is 3.39. The van der Waals surface area contributed by atoms with Crippen LogP contribution in [0.25, 0.3) is 16.2 Å². The van der Waals surface area contributed by atoms with Crippen LogP contribution in [0.5, 0.6) is 0 Å². The summed E-state index contributed by atoms with van der Waals surface area (Å²) in [5.41, 5.74) is 1.58. The number of fused-ring (bicyclic) bond motifs is 1. The fourth-order valence-electron chi connectivity index (χ4n) is 2.51. The molecule has 1 saturated heterocycles. The molecule has 0 bridgehead atoms. The van der Waals surface area contributed by atoms with E-state index in [9.17, 15) is 4.79 Å².